The number of halogens is 1. The first-order valence-corrected chi connectivity index (χ1v) is 8.98. The van der Waals surface area contributed by atoms with Crippen LogP contribution in [-0.4, -0.2) is 16.1 Å². The van der Waals surface area contributed by atoms with Crippen molar-refractivity contribution in [3.63, 3.8) is 0 Å². The number of aromatic nitrogens is 2. The van der Waals surface area contributed by atoms with Crippen LogP contribution in [0.4, 0.5) is 0 Å². The Labute approximate surface area is 158 Å². The minimum absolute atomic E-state index is 0. The van der Waals surface area contributed by atoms with Gasteiger partial charge in [-0.05, 0) is 25.7 Å². The second-order valence-electron chi connectivity index (χ2n) is 6.91. The number of unbranched alkanes of at least 4 members (excludes halogenated alkanes) is 1. The lowest BCUT2D eigenvalue weighted by Crippen LogP contribution is -3.00. The molecule has 4 rings (SSSR count). The van der Waals surface area contributed by atoms with Crippen LogP contribution in [0.15, 0.2) is 24.3 Å². The molecule has 0 aliphatic heterocycles. The number of imidazole rings is 1. The molecule has 5 heteroatoms. The number of benzene rings is 1. The first-order chi connectivity index (χ1) is 11.6. The molecule has 0 radical (unpaired) electrons. The van der Waals surface area contributed by atoms with Gasteiger partial charge in [-0.1, -0.05) is 37.6 Å². The highest BCUT2D eigenvalue weighted by Crippen LogP contribution is 2.37. The predicted molar refractivity (Wildman–Crippen MR) is 90.5 cm³/mol. The molecule has 25 heavy (non-hydrogen) atoms. The normalized spacial score (nSPS) is 16.1. The summed E-state index contributed by atoms with van der Waals surface area (Å²) in [5.41, 5.74) is 2.33. The summed E-state index contributed by atoms with van der Waals surface area (Å²) in [6.45, 7) is 5.00. The molecule has 0 atom stereocenters. The number of ketones is 2. The van der Waals surface area contributed by atoms with Gasteiger partial charge in [0.05, 0.1) is 6.54 Å². The Kier molecular flexibility index (Phi) is 4.96. The number of nitrogens with zero attached hydrogens (tertiary/aromatic N) is 2. The second kappa shape index (κ2) is 6.87. The predicted octanol–water partition coefficient (Wildman–Crippen LogP) is 0.389. The fourth-order valence-electron chi connectivity index (χ4n) is 3.96. The van der Waals surface area contributed by atoms with Gasteiger partial charge >= 0.3 is 0 Å². The number of hydrogen-bond donors (Lipinski definition) is 0. The van der Waals surface area contributed by atoms with E-state index in [1.54, 1.807) is 12.1 Å². The summed E-state index contributed by atoms with van der Waals surface area (Å²) in [6.07, 6.45) is 5.47. The maximum atomic E-state index is 13.2. The van der Waals surface area contributed by atoms with Crippen LogP contribution in [-0.2, 0) is 6.54 Å². The highest BCUT2D eigenvalue weighted by Gasteiger charge is 2.45. The zero-order valence-corrected chi connectivity index (χ0v) is 16.3. The zero-order chi connectivity index (χ0) is 16.8. The fourth-order valence-corrected chi connectivity index (χ4v) is 3.96. The number of fused-ring (bicyclic) bond motifs is 2. The molecule has 1 aromatic heterocycles. The Morgan fingerprint density at radius 3 is 2.32 bits per heavy atom. The van der Waals surface area contributed by atoms with Crippen molar-refractivity contribution in [2.24, 2.45) is 0 Å². The van der Waals surface area contributed by atoms with E-state index >= 15 is 0 Å². The van der Waals surface area contributed by atoms with E-state index in [9.17, 15) is 9.59 Å². The summed E-state index contributed by atoms with van der Waals surface area (Å²) in [4.78, 5) is 26.3. The summed E-state index contributed by atoms with van der Waals surface area (Å²) in [7, 11) is 0. The first kappa shape index (κ1) is 18.1. The lowest BCUT2D eigenvalue weighted by molar-refractivity contribution is -0.704. The van der Waals surface area contributed by atoms with Crippen molar-refractivity contribution in [2.45, 2.75) is 58.5 Å². The first-order valence-electron chi connectivity index (χ1n) is 8.98. The monoisotopic (exact) mass is 402 g/mol. The topological polar surface area (TPSA) is 43.0 Å². The second-order valence-corrected chi connectivity index (χ2v) is 6.91. The van der Waals surface area contributed by atoms with E-state index in [-0.39, 0.29) is 28.5 Å². The molecule has 0 bridgehead atoms. The molecule has 0 N–H and O–H groups in total. The molecular formula is C20H23BrN2O2. The van der Waals surface area contributed by atoms with Crippen LogP contribution in [0.1, 0.15) is 83.0 Å². The van der Waals surface area contributed by atoms with E-state index in [1.807, 2.05) is 12.1 Å². The zero-order valence-electron chi connectivity index (χ0n) is 14.7. The Morgan fingerprint density at radius 1 is 1.12 bits per heavy atom. The van der Waals surface area contributed by atoms with Crippen molar-refractivity contribution >= 4 is 11.6 Å². The Bertz CT molecular complexity index is 850. The lowest BCUT2D eigenvalue weighted by Gasteiger charge is -2.24. The minimum Gasteiger partial charge on any atom is -1.00 e. The van der Waals surface area contributed by atoms with Crippen LogP contribution in [0.3, 0.4) is 0 Å². The SMILES string of the molecule is CCCC[n+]1c2c(n(C3CCC3)c1C)C(=O)c1ccccc1C2=O.[Br-]. The van der Waals surface area contributed by atoms with E-state index < -0.39 is 0 Å². The molecule has 4 nitrogen and oxygen atoms in total. The minimum atomic E-state index is -0.00234. The van der Waals surface area contributed by atoms with Gasteiger partial charge in [0.25, 0.3) is 5.82 Å². The van der Waals surface area contributed by atoms with Gasteiger partial charge in [-0.15, -0.1) is 0 Å². The van der Waals surface area contributed by atoms with Crippen LogP contribution in [0, 0.1) is 6.92 Å². The standard InChI is InChI=1S/C20H23N2O2.BrH/c1-3-4-12-21-13(2)22(14-8-7-9-14)18-17(21)19(23)15-10-5-6-11-16(15)20(18)24;/h5-6,10-11,14H,3-4,7-9,12H2,1-2H3;1H/q+1;/p-1. The Morgan fingerprint density at radius 2 is 1.76 bits per heavy atom. The average Bonchev–Trinajstić information content (AvgIpc) is 2.83. The summed E-state index contributed by atoms with van der Waals surface area (Å²) in [6, 6.07) is 7.59. The maximum Gasteiger partial charge on any atom is 0.254 e. The molecule has 1 fully saturated rings. The summed E-state index contributed by atoms with van der Waals surface area (Å²) in [5, 5.41) is 0. The van der Waals surface area contributed by atoms with Crippen molar-refractivity contribution in [1.82, 2.24) is 4.57 Å². The fraction of sp³-hybridized carbons (Fsp3) is 0.450. The molecule has 1 aromatic carbocycles. The molecule has 0 unspecified atom stereocenters. The number of hydrogen-bond acceptors (Lipinski definition) is 2. The van der Waals surface area contributed by atoms with Gasteiger partial charge in [0, 0.05) is 18.1 Å². The molecule has 1 saturated carbocycles. The summed E-state index contributed by atoms with van der Waals surface area (Å²) >= 11 is 0. The Hall–Kier alpha value is -1.75. The van der Waals surface area contributed by atoms with E-state index in [0.717, 1.165) is 38.1 Å². The smallest absolute Gasteiger partial charge is 0.254 e. The van der Waals surface area contributed by atoms with Crippen molar-refractivity contribution in [3.8, 4) is 0 Å². The third-order valence-corrected chi connectivity index (χ3v) is 5.50. The largest absolute Gasteiger partial charge is 1.00 e. The molecule has 2 aliphatic rings. The van der Waals surface area contributed by atoms with Crippen LogP contribution in [0.5, 0.6) is 0 Å². The van der Waals surface area contributed by atoms with Crippen molar-refractivity contribution in [3.05, 3.63) is 52.6 Å². The third kappa shape index (κ3) is 2.60. The molecule has 1 heterocycles. The van der Waals surface area contributed by atoms with Gasteiger partial charge in [-0.2, -0.15) is 0 Å². The summed E-state index contributed by atoms with van der Waals surface area (Å²) in [5.74, 6) is 1.05. The van der Waals surface area contributed by atoms with E-state index in [2.05, 4.69) is 23.0 Å². The van der Waals surface area contributed by atoms with Gasteiger partial charge in [0.15, 0.2) is 0 Å². The molecule has 2 aromatic rings. The molecular weight excluding hydrogens is 380 g/mol. The highest BCUT2D eigenvalue weighted by molar-refractivity contribution is 6.26. The van der Waals surface area contributed by atoms with E-state index in [4.69, 9.17) is 0 Å². The third-order valence-electron chi connectivity index (χ3n) is 5.50. The molecule has 0 saturated heterocycles. The number of carbonyl (C=O) groups excluding carboxylic acids is 2. The molecule has 0 amide bonds. The van der Waals surface area contributed by atoms with Gasteiger partial charge in [-0.25, -0.2) is 9.13 Å². The van der Waals surface area contributed by atoms with Gasteiger partial charge in [-0.3, -0.25) is 9.59 Å². The highest BCUT2D eigenvalue weighted by atomic mass is 79.9. The average molecular weight is 403 g/mol. The van der Waals surface area contributed by atoms with Crippen molar-refractivity contribution < 1.29 is 31.1 Å². The molecule has 2 aliphatic carbocycles. The lowest BCUT2D eigenvalue weighted by atomic mass is 9.88. The van der Waals surface area contributed by atoms with Gasteiger partial charge in [0.2, 0.25) is 23.0 Å². The number of carbonyl (C=O) groups is 2. The van der Waals surface area contributed by atoms with Crippen molar-refractivity contribution in [2.75, 3.05) is 0 Å². The number of rotatable bonds is 4. The van der Waals surface area contributed by atoms with Crippen molar-refractivity contribution in [1.29, 1.82) is 0 Å². The van der Waals surface area contributed by atoms with Gasteiger partial charge < -0.3 is 17.0 Å². The van der Waals surface area contributed by atoms with Gasteiger partial charge in [0.1, 0.15) is 6.04 Å². The van der Waals surface area contributed by atoms with E-state index in [1.165, 1.54) is 6.42 Å². The van der Waals surface area contributed by atoms with Crippen LogP contribution < -0.4 is 21.5 Å². The molecule has 0 spiro atoms. The Balaban J connectivity index is 0.00000182. The maximum absolute atomic E-state index is 13.2. The van der Waals surface area contributed by atoms with Crippen LogP contribution >= 0.6 is 0 Å². The quantitative estimate of drug-likeness (QED) is 0.592. The van der Waals surface area contributed by atoms with Crippen LogP contribution in [0.2, 0.25) is 0 Å². The summed E-state index contributed by atoms with van der Waals surface area (Å²) < 4.78 is 4.25. The van der Waals surface area contributed by atoms with E-state index in [0.29, 0.717) is 28.6 Å². The molecule has 132 valence electrons. The van der Waals surface area contributed by atoms with Crippen LogP contribution in [0.25, 0.3) is 0 Å².